The van der Waals surface area contributed by atoms with E-state index in [2.05, 4.69) is 21.2 Å². The molecule has 6 heteroatoms. The van der Waals surface area contributed by atoms with Crippen LogP contribution in [0, 0.1) is 0 Å². The molecule has 0 saturated heterocycles. The molecule has 0 radical (unpaired) electrons. The minimum Gasteiger partial charge on any atom is -0.484 e. The highest BCUT2D eigenvalue weighted by Crippen LogP contribution is 2.18. The minimum absolute atomic E-state index is 0.152. The molecule has 172 valence electrons. The lowest BCUT2D eigenvalue weighted by atomic mass is 10.0. The third-order valence-electron chi connectivity index (χ3n) is 5.19. The van der Waals surface area contributed by atoms with Crippen molar-refractivity contribution in [1.82, 2.24) is 10.2 Å². The molecule has 0 fully saturated rings. The summed E-state index contributed by atoms with van der Waals surface area (Å²) in [5.41, 5.74) is 1.95. The second-order valence-electron chi connectivity index (χ2n) is 7.75. The molecule has 1 N–H and O–H groups in total. The molecule has 33 heavy (non-hydrogen) atoms. The van der Waals surface area contributed by atoms with Crippen molar-refractivity contribution >= 4 is 27.7 Å². The minimum atomic E-state index is -0.653. The van der Waals surface area contributed by atoms with Gasteiger partial charge in [-0.25, -0.2) is 0 Å². The van der Waals surface area contributed by atoms with Crippen LogP contribution in [0.4, 0.5) is 0 Å². The number of halogens is 1. The Morgan fingerprint density at radius 1 is 0.909 bits per heavy atom. The molecule has 3 aromatic rings. The fourth-order valence-corrected chi connectivity index (χ4v) is 3.72. The maximum Gasteiger partial charge on any atom is 0.261 e. The second-order valence-corrected chi connectivity index (χ2v) is 8.66. The maximum atomic E-state index is 13.4. The summed E-state index contributed by atoms with van der Waals surface area (Å²) in [4.78, 5) is 28.2. The zero-order valence-electron chi connectivity index (χ0n) is 18.7. The van der Waals surface area contributed by atoms with E-state index < -0.39 is 6.04 Å². The molecule has 3 rings (SSSR count). The van der Waals surface area contributed by atoms with Crippen molar-refractivity contribution in [2.45, 2.75) is 32.4 Å². The lowest BCUT2D eigenvalue weighted by Gasteiger charge is -2.31. The number of nitrogens with zero attached hydrogens (tertiary/aromatic N) is 1. The number of hydrogen-bond donors (Lipinski definition) is 1. The molecule has 2 amide bonds. The Labute approximate surface area is 203 Å². The Hall–Kier alpha value is -3.12. The number of amides is 2. The van der Waals surface area contributed by atoms with Gasteiger partial charge in [0.05, 0.1) is 0 Å². The number of hydrogen-bond acceptors (Lipinski definition) is 3. The fourth-order valence-electron chi connectivity index (χ4n) is 3.46. The van der Waals surface area contributed by atoms with Gasteiger partial charge in [-0.15, -0.1) is 0 Å². The van der Waals surface area contributed by atoms with E-state index in [9.17, 15) is 9.59 Å². The third kappa shape index (κ3) is 7.75. The van der Waals surface area contributed by atoms with Gasteiger partial charge in [-0.05, 0) is 41.8 Å². The van der Waals surface area contributed by atoms with Crippen molar-refractivity contribution in [2.24, 2.45) is 0 Å². The first kappa shape index (κ1) is 24.5. The normalized spacial score (nSPS) is 11.5. The Kier molecular flexibility index (Phi) is 9.51. The van der Waals surface area contributed by atoms with E-state index in [4.69, 9.17) is 4.74 Å². The molecule has 0 saturated carbocycles. The summed E-state index contributed by atoms with van der Waals surface area (Å²) in [6, 6.07) is 26.1. The monoisotopic (exact) mass is 508 g/mol. The maximum absolute atomic E-state index is 13.4. The van der Waals surface area contributed by atoms with Crippen molar-refractivity contribution in [3.8, 4) is 5.75 Å². The molecule has 0 spiro atoms. The summed E-state index contributed by atoms with van der Waals surface area (Å²) >= 11 is 3.40. The van der Waals surface area contributed by atoms with Gasteiger partial charge in [-0.3, -0.25) is 9.59 Å². The summed E-state index contributed by atoms with van der Waals surface area (Å²) in [6.07, 6.45) is 1.25. The lowest BCUT2D eigenvalue weighted by molar-refractivity contribution is -0.142. The molecule has 0 bridgehead atoms. The highest BCUT2D eigenvalue weighted by atomic mass is 79.9. The van der Waals surface area contributed by atoms with E-state index in [0.29, 0.717) is 25.3 Å². The van der Waals surface area contributed by atoms with Gasteiger partial charge < -0.3 is 15.0 Å². The van der Waals surface area contributed by atoms with Crippen LogP contribution in [-0.2, 0) is 22.6 Å². The van der Waals surface area contributed by atoms with Crippen LogP contribution in [0.5, 0.6) is 5.75 Å². The molecule has 0 aromatic heterocycles. The van der Waals surface area contributed by atoms with Gasteiger partial charge >= 0.3 is 0 Å². The zero-order chi connectivity index (χ0) is 23.5. The summed E-state index contributed by atoms with van der Waals surface area (Å²) < 4.78 is 6.69. The van der Waals surface area contributed by atoms with Crippen molar-refractivity contribution in [2.75, 3.05) is 13.2 Å². The van der Waals surface area contributed by atoms with E-state index in [-0.39, 0.29) is 18.4 Å². The number of carbonyl (C=O) groups is 2. The van der Waals surface area contributed by atoms with Crippen LogP contribution in [0.2, 0.25) is 0 Å². The number of rotatable bonds is 11. The second kappa shape index (κ2) is 12.8. The van der Waals surface area contributed by atoms with E-state index in [1.54, 1.807) is 17.0 Å². The van der Waals surface area contributed by atoms with Gasteiger partial charge in [0.1, 0.15) is 11.8 Å². The van der Waals surface area contributed by atoms with E-state index >= 15 is 0 Å². The van der Waals surface area contributed by atoms with Gasteiger partial charge in [0.15, 0.2) is 6.61 Å². The molecule has 3 aromatic carbocycles. The average Bonchev–Trinajstić information content (AvgIpc) is 2.85. The predicted molar refractivity (Wildman–Crippen MR) is 134 cm³/mol. The first-order valence-corrected chi connectivity index (χ1v) is 11.9. The number of nitrogens with one attached hydrogen (secondary N) is 1. The van der Waals surface area contributed by atoms with Gasteiger partial charge in [0.25, 0.3) is 5.91 Å². The fraction of sp³-hybridized carbons (Fsp3) is 0.259. The molecular weight excluding hydrogens is 480 g/mol. The zero-order valence-corrected chi connectivity index (χ0v) is 20.3. The van der Waals surface area contributed by atoms with E-state index in [1.165, 1.54) is 0 Å². The molecular formula is C27H29BrN2O3. The average molecular weight is 509 g/mol. The van der Waals surface area contributed by atoms with Crippen molar-refractivity contribution in [3.05, 3.63) is 101 Å². The Bertz CT molecular complexity index is 1010. The first-order valence-electron chi connectivity index (χ1n) is 11.1. The van der Waals surface area contributed by atoms with Gasteiger partial charge in [0, 0.05) is 24.0 Å². The van der Waals surface area contributed by atoms with E-state index in [1.807, 2.05) is 79.7 Å². The van der Waals surface area contributed by atoms with Crippen LogP contribution in [0.1, 0.15) is 24.5 Å². The summed E-state index contributed by atoms with van der Waals surface area (Å²) in [7, 11) is 0. The topological polar surface area (TPSA) is 58.6 Å². The van der Waals surface area contributed by atoms with Gasteiger partial charge in [-0.2, -0.15) is 0 Å². The molecule has 0 aliphatic rings. The number of ether oxygens (including phenoxy) is 1. The van der Waals surface area contributed by atoms with Crippen LogP contribution in [0.15, 0.2) is 89.4 Å². The van der Waals surface area contributed by atoms with Crippen LogP contribution in [0.25, 0.3) is 0 Å². The molecule has 0 unspecified atom stereocenters. The quantitative estimate of drug-likeness (QED) is 0.396. The number of carbonyl (C=O) groups excluding carboxylic acids is 2. The molecule has 0 aliphatic heterocycles. The third-order valence-corrected chi connectivity index (χ3v) is 5.72. The van der Waals surface area contributed by atoms with Crippen molar-refractivity contribution < 1.29 is 14.3 Å². The van der Waals surface area contributed by atoms with Crippen LogP contribution < -0.4 is 10.1 Å². The molecule has 1 atom stereocenters. The first-order chi connectivity index (χ1) is 16.1. The molecule has 0 aliphatic carbocycles. The van der Waals surface area contributed by atoms with Crippen LogP contribution in [0.3, 0.4) is 0 Å². The number of benzene rings is 3. The standard InChI is InChI=1S/C27H29BrN2O3/c1-2-17-29-27(32)25(18-21-9-5-3-6-10-21)30(19-22-11-7-4-8-12-22)26(31)20-33-24-15-13-23(28)14-16-24/h3-16,25H,2,17-20H2,1H3,(H,29,32)/t25-/m1/s1. The highest BCUT2D eigenvalue weighted by Gasteiger charge is 2.30. The van der Waals surface area contributed by atoms with E-state index in [0.717, 1.165) is 22.0 Å². The predicted octanol–water partition coefficient (Wildman–Crippen LogP) is 4.99. The largest absolute Gasteiger partial charge is 0.484 e. The summed E-state index contributed by atoms with van der Waals surface area (Å²) in [6.45, 7) is 2.74. The molecule has 0 heterocycles. The Morgan fingerprint density at radius 3 is 2.12 bits per heavy atom. The Morgan fingerprint density at radius 2 is 1.52 bits per heavy atom. The summed E-state index contributed by atoms with van der Waals surface area (Å²) in [5, 5.41) is 2.97. The van der Waals surface area contributed by atoms with Crippen molar-refractivity contribution in [3.63, 3.8) is 0 Å². The van der Waals surface area contributed by atoms with Crippen molar-refractivity contribution in [1.29, 1.82) is 0 Å². The lowest BCUT2D eigenvalue weighted by Crippen LogP contribution is -2.51. The smallest absolute Gasteiger partial charge is 0.261 e. The highest BCUT2D eigenvalue weighted by molar-refractivity contribution is 9.10. The van der Waals surface area contributed by atoms with Gasteiger partial charge in [0.2, 0.25) is 5.91 Å². The SMILES string of the molecule is CCCNC(=O)[C@@H](Cc1ccccc1)N(Cc1ccccc1)C(=O)COc1ccc(Br)cc1. The van der Waals surface area contributed by atoms with Crippen LogP contribution >= 0.6 is 15.9 Å². The molecule has 5 nitrogen and oxygen atoms in total. The Balaban J connectivity index is 1.85. The van der Waals surface area contributed by atoms with Gasteiger partial charge in [-0.1, -0.05) is 83.5 Å². The summed E-state index contributed by atoms with van der Waals surface area (Å²) in [5.74, 6) is 0.198. The van der Waals surface area contributed by atoms with Crippen LogP contribution in [-0.4, -0.2) is 35.9 Å².